The fourth-order valence-corrected chi connectivity index (χ4v) is 2.01. The molecule has 0 aromatic heterocycles. The minimum absolute atomic E-state index is 0.243. The van der Waals surface area contributed by atoms with Gasteiger partial charge in [0.25, 0.3) is 0 Å². The molecule has 0 fully saturated rings. The number of rotatable bonds is 10. The van der Waals surface area contributed by atoms with Crippen LogP contribution in [0.3, 0.4) is 0 Å². The number of aliphatic hydroxyl groups excluding tert-OH is 1. The quantitative estimate of drug-likeness (QED) is 0.383. The summed E-state index contributed by atoms with van der Waals surface area (Å²) in [6.45, 7) is 13.8. The van der Waals surface area contributed by atoms with Gasteiger partial charge in [0.05, 0.1) is 5.76 Å². The highest BCUT2D eigenvalue weighted by Crippen LogP contribution is 2.19. The van der Waals surface area contributed by atoms with E-state index in [1.807, 2.05) is 13.0 Å². The van der Waals surface area contributed by atoms with Crippen molar-refractivity contribution in [1.82, 2.24) is 0 Å². The molecule has 0 aliphatic rings. The second kappa shape index (κ2) is 9.99. The fourth-order valence-electron chi connectivity index (χ4n) is 2.01. The molecule has 0 aliphatic carbocycles. The second-order valence-electron chi connectivity index (χ2n) is 5.55. The summed E-state index contributed by atoms with van der Waals surface area (Å²) < 4.78 is 0. The van der Waals surface area contributed by atoms with Crippen molar-refractivity contribution in [3.63, 3.8) is 0 Å². The first kappa shape index (κ1) is 17.0. The second-order valence-corrected chi connectivity index (χ2v) is 5.55. The van der Waals surface area contributed by atoms with Gasteiger partial charge in [-0.2, -0.15) is 0 Å². The summed E-state index contributed by atoms with van der Waals surface area (Å²) in [4.78, 5) is 0. The topological polar surface area (TPSA) is 20.2 Å². The van der Waals surface area contributed by atoms with Crippen LogP contribution in [0.4, 0.5) is 0 Å². The third-order valence-electron chi connectivity index (χ3n) is 3.52. The Morgan fingerprint density at radius 2 is 1.89 bits per heavy atom. The molecule has 104 valence electrons. The monoisotopic (exact) mass is 250 g/mol. The molecule has 2 atom stereocenters. The van der Waals surface area contributed by atoms with Crippen LogP contribution in [0.15, 0.2) is 36.6 Å². The zero-order valence-corrected chi connectivity index (χ0v) is 12.4. The first-order valence-electron chi connectivity index (χ1n) is 7.11. The molecule has 2 unspecified atom stereocenters. The number of hydrogen-bond acceptors (Lipinski definition) is 1. The predicted molar refractivity (Wildman–Crippen MR) is 81.8 cm³/mol. The van der Waals surface area contributed by atoms with Crippen LogP contribution >= 0.6 is 0 Å². The lowest BCUT2D eigenvalue weighted by atomic mass is 9.94. The Morgan fingerprint density at radius 1 is 1.22 bits per heavy atom. The largest absolute Gasteiger partial charge is 0.513 e. The Balaban J connectivity index is 3.66. The maximum absolute atomic E-state index is 9.23. The molecule has 0 spiro atoms. The molecule has 0 heterocycles. The van der Waals surface area contributed by atoms with Crippen LogP contribution < -0.4 is 0 Å². The van der Waals surface area contributed by atoms with E-state index in [-0.39, 0.29) is 5.92 Å². The Hall–Kier alpha value is -0.980. The van der Waals surface area contributed by atoms with Crippen molar-refractivity contribution in [2.24, 2.45) is 11.8 Å². The van der Waals surface area contributed by atoms with Crippen LogP contribution in [0.5, 0.6) is 0 Å². The molecular formula is C17H30O. The molecule has 0 aromatic rings. The van der Waals surface area contributed by atoms with Crippen LogP contribution in [0.1, 0.15) is 59.3 Å². The molecule has 0 radical (unpaired) electrons. The van der Waals surface area contributed by atoms with Crippen molar-refractivity contribution in [3.05, 3.63) is 36.6 Å². The Labute approximate surface area is 113 Å². The first-order valence-corrected chi connectivity index (χ1v) is 7.11. The first-order chi connectivity index (χ1) is 8.47. The molecule has 0 rings (SSSR count). The highest BCUT2D eigenvalue weighted by molar-refractivity contribution is 5.02. The van der Waals surface area contributed by atoms with Gasteiger partial charge in [0.2, 0.25) is 0 Å². The molecule has 1 heteroatoms. The van der Waals surface area contributed by atoms with Crippen molar-refractivity contribution >= 4 is 0 Å². The van der Waals surface area contributed by atoms with Gasteiger partial charge in [0.15, 0.2) is 0 Å². The standard InChI is InChI=1S/C17H30O/c1-6-9-14(2)10-7-11-15(3)12-8-13-16(4)17(5)18/h6,10,15-16,18H,1,5,7-9,11-13H2,2-4H3/b14-10+. The summed E-state index contributed by atoms with van der Waals surface area (Å²) in [5.41, 5.74) is 1.42. The van der Waals surface area contributed by atoms with Gasteiger partial charge in [-0.05, 0) is 38.5 Å². The van der Waals surface area contributed by atoms with Crippen LogP contribution in [0.25, 0.3) is 0 Å². The normalized spacial score (nSPS) is 15.2. The minimum Gasteiger partial charge on any atom is -0.513 e. The minimum atomic E-state index is 0.243. The summed E-state index contributed by atoms with van der Waals surface area (Å²) in [5.74, 6) is 1.33. The van der Waals surface area contributed by atoms with Gasteiger partial charge in [-0.1, -0.05) is 51.0 Å². The zero-order valence-electron chi connectivity index (χ0n) is 12.4. The van der Waals surface area contributed by atoms with Gasteiger partial charge in [-0.3, -0.25) is 0 Å². The van der Waals surface area contributed by atoms with Gasteiger partial charge in [0.1, 0.15) is 0 Å². The average molecular weight is 250 g/mol. The summed E-state index contributed by atoms with van der Waals surface area (Å²) in [7, 11) is 0. The van der Waals surface area contributed by atoms with Crippen molar-refractivity contribution in [2.45, 2.75) is 59.3 Å². The Kier molecular flexibility index (Phi) is 9.45. The molecule has 18 heavy (non-hydrogen) atoms. The SMILES string of the molecule is C=CC/C(C)=C/CCC(C)CCCC(C)C(=C)O. The Morgan fingerprint density at radius 3 is 2.44 bits per heavy atom. The average Bonchev–Trinajstić information content (AvgIpc) is 2.29. The highest BCUT2D eigenvalue weighted by Gasteiger charge is 2.06. The van der Waals surface area contributed by atoms with E-state index in [1.165, 1.54) is 31.3 Å². The Bertz CT molecular complexity index is 275. The van der Waals surface area contributed by atoms with Gasteiger partial charge < -0.3 is 5.11 Å². The predicted octanol–water partition coefficient (Wildman–Crippen LogP) is 5.80. The summed E-state index contributed by atoms with van der Waals surface area (Å²) in [5, 5.41) is 9.23. The summed E-state index contributed by atoms with van der Waals surface area (Å²) in [6.07, 6.45) is 11.2. The third-order valence-corrected chi connectivity index (χ3v) is 3.52. The van der Waals surface area contributed by atoms with Gasteiger partial charge in [-0.25, -0.2) is 0 Å². The molecule has 1 N–H and O–H groups in total. The molecule has 0 aliphatic heterocycles. The molecule has 0 amide bonds. The highest BCUT2D eigenvalue weighted by atomic mass is 16.3. The fraction of sp³-hybridized carbons (Fsp3) is 0.647. The van der Waals surface area contributed by atoms with Crippen LogP contribution in [0.2, 0.25) is 0 Å². The van der Waals surface area contributed by atoms with E-state index < -0.39 is 0 Å². The van der Waals surface area contributed by atoms with Gasteiger partial charge >= 0.3 is 0 Å². The molecule has 0 saturated heterocycles. The van der Waals surface area contributed by atoms with E-state index in [2.05, 4.69) is 33.1 Å². The van der Waals surface area contributed by atoms with Gasteiger partial charge in [-0.15, -0.1) is 6.58 Å². The van der Waals surface area contributed by atoms with Crippen LogP contribution in [-0.4, -0.2) is 5.11 Å². The van der Waals surface area contributed by atoms with Crippen molar-refractivity contribution < 1.29 is 5.11 Å². The lowest BCUT2D eigenvalue weighted by molar-refractivity contribution is 0.323. The maximum atomic E-state index is 9.23. The summed E-state index contributed by atoms with van der Waals surface area (Å²) in [6, 6.07) is 0. The molecule has 0 saturated carbocycles. The van der Waals surface area contributed by atoms with Gasteiger partial charge in [0, 0.05) is 5.92 Å². The maximum Gasteiger partial charge on any atom is 0.0879 e. The lowest BCUT2D eigenvalue weighted by Crippen LogP contribution is -2.00. The third kappa shape index (κ3) is 9.09. The van der Waals surface area contributed by atoms with Crippen molar-refractivity contribution in [2.75, 3.05) is 0 Å². The van der Waals surface area contributed by atoms with Crippen molar-refractivity contribution in [1.29, 1.82) is 0 Å². The van der Waals surface area contributed by atoms with E-state index in [1.54, 1.807) is 0 Å². The smallest absolute Gasteiger partial charge is 0.0879 e. The summed E-state index contributed by atoms with van der Waals surface area (Å²) >= 11 is 0. The van der Waals surface area contributed by atoms with Crippen molar-refractivity contribution in [3.8, 4) is 0 Å². The van der Waals surface area contributed by atoms with E-state index in [0.717, 1.165) is 18.8 Å². The molecule has 0 aromatic carbocycles. The van der Waals surface area contributed by atoms with Crippen LogP contribution in [0, 0.1) is 11.8 Å². The lowest BCUT2D eigenvalue weighted by Gasteiger charge is -2.13. The zero-order chi connectivity index (χ0) is 14.0. The number of allylic oxidation sites excluding steroid dienone is 4. The number of hydrogen-bond donors (Lipinski definition) is 1. The molecular weight excluding hydrogens is 220 g/mol. The van der Waals surface area contributed by atoms with E-state index in [9.17, 15) is 5.11 Å². The van der Waals surface area contributed by atoms with E-state index >= 15 is 0 Å². The van der Waals surface area contributed by atoms with E-state index in [4.69, 9.17) is 0 Å². The molecule has 0 bridgehead atoms. The van der Waals surface area contributed by atoms with Crippen LogP contribution in [-0.2, 0) is 0 Å². The van der Waals surface area contributed by atoms with E-state index in [0.29, 0.717) is 5.76 Å². The number of aliphatic hydroxyl groups is 1. The molecule has 1 nitrogen and oxygen atoms in total.